The molecule has 2 unspecified atom stereocenters. The van der Waals surface area contributed by atoms with E-state index in [1.165, 1.54) is 38.6 Å². The van der Waals surface area contributed by atoms with Crippen LogP contribution in [0, 0.1) is 11.8 Å². The van der Waals surface area contributed by atoms with Crippen LogP contribution < -0.4 is 5.32 Å². The summed E-state index contributed by atoms with van der Waals surface area (Å²) in [5, 5.41) is 3.66. The van der Waals surface area contributed by atoms with Gasteiger partial charge in [-0.15, -0.1) is 0 Å². The van der Waals surface area contributed by atoms with Crippen LogP contribution in [-0.4, -0.2) is 25.8 Å². The Hall–Kier alpha value is -0.0800. The van der Waals surface area contributed by atoms with Gasteiger partial charge >= 0.3 is 0 Å². The first-order valence-corrected chi connectivity index (χ1v) is 6.15. The van der Waals surface area contributed by atoms with Crippen LogP contribution in [0.5, 0.6) is 0 Å². The molecular weight excluding hydrogens is 174 g/mol. The predicted octanol–water partition coefficient (Wildman–Crippen LogP) is 2.19. The molecule has 82 valence electrons. The van der Waals surface area contributed by atoms with E-state index in [-0.39, 0.29) is 0 Å². The minimum atomic E-state index is 0.793. The summed E-state index contributed by atoms with van der Waals surface area (Å²) < 4.78 is 5.39. The Morgan fingerprint density at radius 2 is 2.00 bits per heavy atom. The third-order valence-electron chi connectivity index (χ3n) is 3.72. The molecule has 2 aliphatic rings. The van der Waals surface area contributed by atoms with Gasteiger partial charge in [-0.2, -0.15) is 0 Å². The Morgan fingerprint density at radius 1 is 1.21 bits per heavy atom. The molecule has 2 saturated heterocycles. The van der Waals surface area contributed by atoms with Crippen molar-refractivity contribution in [3.63, 3.8) is 0 Å². The van der Waals surface area contributed by atoms with Crippen molar-refractivity contribution >= 4 is 0 Å². The smallest absolute Gasteiger partial charge is 0.0468 e. The molecule has 0 aromatic carbocycles. The maximum absolute atomic E-state index is 5.39. The largest absolute Gasteiger partial charge is 0.381 e. The first kappa shape index (κ1) is 10.4. The normalized spacial score (nSPS) is 35.8. The zero-order valence-corrected chi connectivity index (χ0v) is 9.30. The topological polar surface area (TPSA) is 21.3 Å². The molecule has 0 amide bonds. The standard InChI is InChI=1S/C12H23NO/c1-10-2-5-13-12(8-10)9-11-3-6-14-7-4-11/h10-13H,2-9H2,1H3. The SMILES string of the molecule is CC1CCNC(CC2CCOCC2)C1. The summed E-state index contributed by atoms with van der Waals surface area (Å²) in [6, 6.07) is 0.793. The van der Waals surface area contributed by atoms with Gasteiger partial charge in [-0.3, -0.25) is 0 Å². The summed E-state index contributed by atoms with van der Waals surface area (Å²) in [4.78, 5) is 0. The van der Waals surface area contributed by atoms with Crippen LogP contribution in [0.3, 0.4) is 0 Å². The molecule has 0 aromatic rings. The third-order valence-corrected chi connectivity index (χ3v) is 3.72. The molecule has 2 heteroatoms. The molecule has 0 aliphatic carbocycles. The zero-order valence-electron chi connectivity index (χ0n) is 9.30. The highest BCUT2D eigenvalue weighted by molar-refractivity contribution is 4.79. The Bertz CT molecular complexity index is 166. The van der Waals surface area contributed by atoms with Crippen LogP contribution >= 0.6 is 0 Å². The van der Waals surface area contributed by atoms with Crippen molar-refractivity contribution in [2.75, 3.05) is 19.8 Å². The summed E-state index contributed by atoms with van der Waals surface area (Å²) >= 11 is 0. The summed E-state index contributed by atoms with van der Waals surface area (Å²) in [6.07, 6.45) is 6.70. The number of ether oxygens (including phenoxy) is 1. The van der Waals surface area contributed by atoms with E-state index in [9.17, 15) is 0 Å². The number of hydrogen-bond acceptors (Lipinski definition) is 2. The minimum Gasteiger partial charge on any atom is -0.381 e. The third kappa shape index (κ3) is 2.96. The summed E-state index contributed by atoms with van der Waals surface area (Å²) in [5.74, 6) is 1.85. The Kier molecular flexibility index (Phi) is 3.82. The predicted molar refractivity (Wildman–Crippen MR) is 58.3 cm³/mol. The summed E-state index contributed by atoms with van der Waals surface area (Å²) in [6.45, 7) is 5.60. The van der Waals surface area contributed by atoms with Gasteiger partial charge in [0.15, 0.2) is 0 Å². The first-order chi connectivity index (χ1) is 6.84. The van der Waals surface area contributed by atoms with Crippen molar-refractivity contribution in [1.82, 2.24) is 5.32 Å². The lowest BCUT2D eigenvalue weighted by molar-refractivity contribution is 0.0585. The monoisotopic (exact) mass is 197 g/mol. The Labute approximate surface area is 87.4 Å². The lowest BCUT2D eigenvalue weighted by atomic mass is 9.86. The molecule has 0 radical (unpaired) electrons. The van der Waals surface area contributed by atoms with Gasteiger partial charge in [-0.1, -0.05) is 6.92 Å². The molecular formula is C12H23NO. The highest BCUT2D eigenvalue weighted by atomic mass is 16.5. The molecule has 2 nitrogen and oxygen atoms in total. The van der Waals surface area contributed by atoms with Crippen LogP contribution in [0.15, 0.2) is 0 Å². The summed E-state index contributed by atoms with van der Waals surface area (Å²) in [5.41, 5.74) is 0. The van der Waals surface area contributed by atoms with Crippen LogP contribution in [-0.2, 0) is 4.74 Å². The van der Waals surface area contributed by atoms with Gasteiger partial charge in [0.05, 0.1) is 0 Å². The lowest BCUT2D eigenvalue weighted by Crippen LogP contribution is -2.39. The second-order valence-electron chi connectivity index (χ2n) is 5.07. The van der Waals surface area contributed by atoms with E-state index in [1.807, 2.05) is 0 Å². The molecule has 0 saturated carbocycles. The van der Waals surface area contributed by atoms with E-state index >= 15 is 0 Å². The van der Waals surface area contributed by atoms with E-state index in [4.69, 9.17) is 4.74 Å². The van der Waals surface area contributed by atoms with Crippen molar-refractivity contribution in [3.8, 4) is 0 Å². The van der Waals surface area contributed by atoms with Gasteiger partial charge in [-0.25, -0.2) is 0 Å². The average Bonchev–Trinajstić information content (AvgIpc) is 2.19. The summed E-state index contributed by atoms with van der Waals surface area (Å²) in [7, 11) is 0. The molecule has 2 atom stereocenters. The van der Waals surface area contributed by atoms with E-state index in [1.54, 1.807) is 0 Å². The first-order valence-electron chi connectivity index (χ1n) is 6.15. The fraction of sp³-hybridized carbons (Fsp3) is 1.00. The second kappa shape index (κ2) is 5.13. The molecule has 1 N–H and O–H groups in total. The van der Waals surface area contributed by atoms with Crippen molar-refractivity contribution < 1.29 is 4.74 Å². The van der Waals surface area contributed by atoms with E-state index < -0.39 is 0 Å². The van der Waals surface area contributed by atoms with Gasteiger partial charge in [0.25, 0.3) is 0 Å². The van der Waals surface area contributed by atoms with Gasteiger partial charge in [-0.05, 0) is 50.5 Å². The van der Waals surface area contributed by atoms with E-state index in [2.05, 4.69) is 12.2 Å². The molecule has 2 heterocycles. The maximum atomic E-state index is 5.39. The second-order valence-corrected chi connectivity index (χ2v) is 5.07. The number of piperidine rings is 1. The number of nitrogens with one attached hydrogen (secondary N) is 1. The molecule has 2 aliphatic heterocycles. The van der Waals surface area contributed by atoms with E-state index in [0.717, 1.165) is 31.1 Å². The molecule has 0 bridgehead atoms. The van der Waals surface area contributed by atoms with Gasteiger partial charge in [0.1, 0.15) is 0 Å². The Morgan fingerprint density at radius 3 is 2.71 bits per heavy atom. The molecule has 0 spiro atoms. The van der Waals surface area contributed by atoms with Crippen LogP contribution in [0.2, 0.25) is 0 Å². The van der Waals surface area contributed by atoms with Gasteiger partial charge < -0.3 is 10.1 Å². The van der Waals surface area contributed by atoms with Crippen molar-refractivity contribution in [3.05, 3.63) is 0 Å². The lowest BCUT2D eigenvalue weighted by Gasteiger charge is -2.32. The average molecular weight is 197 g/mol. The van der Waals surface area contributed by atoms with E-state index in [0.29, 0.717) is 0 Å². The van der Waals surface area contributed by atoms with Crippen LogP contribution in [0.25, 0.3) is 0 Å². The quantitative estimate of drug-likeness (QED) is 0.732. The highest BCUT2D eigenvalue weighted by Crippen LogP contribution is 2.25. The molecule has 2 rings (SSSR count). The van der Waals surface area contributed by atoms with Crippen LogP contribution in [0.4, 0.5) is 0 Å². The fourth-order valence-electron chi connectivity index (χ4n) is 2.78. The van der Waals surface area contributed by atoms with Crippen LogP contribution in [0.1, 0.15) is 39.0 Å². The zero-order chi connectivity index (χ0) is 9.80. The fourth-order valence-corrected chi connectivity index (χ4v) is 2.78. The molecule has 14 heavy (non-hydrogen) atoms. The van der Waals surface area contributed by atoms with Gasteiger partial charge in [0, 0.05) is 19.3 Å². The minimum absolute atomic E-state index is 0.793. The Balaban J connectivity index is 1.72. The maximum Gasteiger partial charge on any atom is 0.0468 e. The van der Waals surface area contributed by atoms with Crippen molar-refractivity contribution in [1.29, 1.82) is 0 Å². The van der Waals surface area contributed by atoms with Crippen molar-refractivity contribution in [2.24, 2.45) is 11.8 Å². The van der Waals surface area contributed by atoms with Crippen molar-refractivity contribution in [2.45, 2.75) is 45.1 Å². The van der Waals surface area contributed by atoms with Gasteiger partial charge in [0.2, 0.25) is 0 Å². The number of hydrogen-bond donors (Lipinski definition) is 1. The molecule has 0 aromatic heterocycles. The number of rotatable bonds is 2. The highest BCUT2D eigenvalue weighted by Gasteiger charge is 2.23. The molecule has 2 fully saturated rings.